The van der Waals surface area contributed by atoms with Crippen LogP contribution in [0, 0.1) is 0 Å². The van der Waals surface area contributed by atoms with Crippen molar-refractivity contribution in [3.63, 3.8) is 0 Å². The minimum Gasteiger partial charge on any atom is -0.328 e. The van der Waals surface area contributed by atoms with Crippen LogP contribution in [0.3, 0.4) is 0 Å². The number of thioether (sulfide) groups is 1. The maximum Gasteiger partial charge on any atom is 0.164 e. The van der Waals surface area contributed by atoms with Gasteiger partial charge in [0.05, 0.1) is 0 Å². The second-order valence-electron chi connectivity index (χ2n) is 5.17. The predicted octanol–water partition coefficient (Wildman–Crippen LogP) is 0.676. The summed E-state index contributed by atoms with van der Waals surface area (Å²) < 4.78 is 23.6. The lowest BCUT2D eigenvalue weighted by molar-refractivity contribution is 0.146. The predicted molar refractivity (Wildman–Crippen MR) is 72.9 cm³/mol. The number of rotatable bonds is 2. The minimum atomic E-state index is -2.96. The second kappa shape index (κ2) is 5.47. The topological polar surface area (TPSA) is 63.4 Å². The molecule has 1 aliphatic heterocycles. The molecule has 0 aromatic carbocycles. The third-order valence-electron chi connectivity index (χ3n) is 3.83. The fraction of sp³-hybridized carbons (Fsp3) is 1.00. The van der Waals surface area contributed by atoms with Gasteiger partial charge in [-0.1, -0.05) is 0 Å². The van der Waals surface area contributed by atoms with Crippen LogP contribution in [-0.2, 0) is 9.84 Å². The zero-order valence-electron chi connectivity index (χ0n) is 10.3. The third-order valence-corrected chi connectivity index (χ3v) is 6.49. The zero-order chi connectivity index (χ0) is 12.5. The first-order valence-corrected chi connectivity index (χ1v) is 9.37. The van der Waals surface area contributed by atoms with Gasteiger partial charge in [0.15, 0.2) is 9.84 Å². The second-order valence-corrected chi connectivity index (χ2v) is 8.52. The standard InChI is InChI=1S/C11H22N2O2S2/c1-17(14,15)11-8-16-7-6-13(11)10-4-2-9(12)3-5-10/h9-11H,2-8,12H2,1H3. The highest BCUT2D eigenvalue weighted by Gasteiger charge is 2.36. The van der Waals surface area contributed by atoms with Crippen LogP contribution in [0.4, 0.5) is 0 Å². The Morgan fingerprint density at radius 2 is 1.88 bits per heavy atom. The van der Waals surface area contributed by atoms with Crippen LogP contribution in [0.15, 0.2) is 0 Å². The summed E-state index contributed by atoms with van der Waals surface area (Å²) in [7, 11) is -2.96. The number of nitrogens with two attached hydrogens (primary N) is 1. The molecule has 1 heterocycles. The van der Waals surface area contributed by atoms with Gasteiger partial charge >= 0.3 is 0 Å². The normalized spacial score (nSPS) is 36.9. The molecule has 0 amide bonds. The zero-order valence-corrected chi connectivity index (χ0v) is 12.0. The molecule has 0 bridgehead atoms. The molecule has 17 heavy (non-hydrogen) atoms. The van der Waals surface area contributed by atoms with Crippen LogP contribution in [0.2, 0.25) is 0 Å². The van der Waals surface area contributed by atoms with Gasteiger partial charge < -0.3 is 5.73 Å². The first-order valence-electron chi connectivity index (χ1n) is 6.26. The van der Waals surface area contributed by atoms with Gasteiger partial charge in [0.25, 0.3) is 0 Å². The summed E-state index contributed by atoms with van der Waals surface area (Å²) in [5.41, 5.74) is 5.91. The molecule has 0 aromatic rings. The van der Waals surface area contributed by atoms with Gasteiger partial charge in [-0.05, 0) is 25.7 Å². The summed E-state index contributed by atoms with van der Waals surface area (Å²) in [6.07, 6.45) is 5.54. The van der Waals surface area contributed by atoms with E-state index in [-0.39, 0.29) is 5.37 Å². The molecule has 2 aliphatic rings. The van der Waals surface area contributed by atoms with Gasteiger partial charge in [-0.3, -0.25) is 4.90 Å². The van der Waals surface area contributed by atoms with Crippen molar-refractivity contribution in [3.05, 3.63) is 0 Å². The van der Waals surface area contributed by atoms with E-state index < -0.39 is 9.84 Å². The molecule has 1 atom stereocenters. The average molecular weight is 278 g/mol. The lowest BCUT2D eigenvalue weighted by Gasteiger charge is -2.42. The van der Waals surface area contributed by atoms with Crippen LogP contribution >= 0.6 is 11.8 Å². The summed E-state index contributed by atoms with van der Waals surface area (Å²) in [5, 5.41) is -0.277. The molecule has 2 rings (SSSR count). The summed E-state index contributed by atoms with van der Waals surface area (Å²) in [5.74, 6) is 1.77. The maximum absolute atomic E-state index is 11.8. The van der Waals surface area contributed by atoms with Crippen molar-refractivity contribution in [1.29, 1.82) is 0 Å². The van der Waals surface area contributed by atoms with Gasteiger partial charge in [0.1, 0.15) is 5.37 Å². The largest absolute Gasteiger partial charge is 0.328 e. The van der Waals surface area contributed by atoms with Crippen molar-refractivity contribution in [2.45, 2.75) is 43.1 Å². The summed E-state index contributed by atoms with van der Waals surface area (Å²) in [4.78, 5) is 2.22. The highest BCUT2D eigenvalue weighted by atomic mass is 32.2. The van der Waals surface area contributed by atoms with E-state index in [2.05, 4.69) is 4.90 Å². The molecule has 100 valence electrons. The van der Waals surface area contributed by atoms with Gasteiger partial charge in [-0.2, -0.15) is 11.8 Å². The highest BCUT2D eigenvalue weighted by molar-refractivity contribution is 8.00. The Morgan fingerprint density at radius 3 is 2.47 bits per heavy atom. The number of hydrogen-bond donors (Lipinski definition) is 1. The monoisotopic (exact) mass is 278 g/mol. The number of nitrogens with zero attached hydrogens (tertiary/aromatic N) is 1. The molecule has 6 heteroatoms. The van der Waals surface area contributed by atoms with Crippen LogP contribution in [-0.4, -0.2) is 55.1 Å². The Bertz CT molecular complexity index is 350. The molecule has 1 saturated heterocycles. The first kappa shape index (κ1) is 13.6. The van der Waals surface area contributed by atoms with Crippen molar-refractivity contribution in [2.75, 3.05) is 24.3 Å². The van der Waals surface area contributed by atoms with Crippen LogP contribution in [0.5, 0.6) is 0 Å². The fourth-order valence-electron chi connectivity index (χ4n) is 2.81. The molecule has 1 aliphatic carbocycles. The SMILES string of the molecule is CS(=O)(=O)C1CSCCN1C1CCC(N)CC1. The Kier molecular flexibility index (Phi) is 4.39. The third kappa shape index (κ3) is 3.36. The molecule has 2 N–H and O–H groups in total. The summed E-state index contributed by atoms with van der Waals surface area (Å²) in [6, 6.07) is 0.748. The maximum atomic E-state index is 11.8. The molecule has 2 fully saturated rings. The number of sulfone groups is 1. The Labute approximate surface area is 108 Å². The highest BCUT2D eigenvalue weighted by Crippen LogP contribution is 2.29. The molecule has 4 nitrogen and oxygen atoms in total. The van der Waals surface area contributed by atoms with Crippen molar-refractivity contribution in [3.8, 4) is 0 Å². The lowest BCUT2D eigenvalue weighted by atomic mass is 9.91. The summed E-state index contributed by atoms with van der Waals surface area (Å²) >= 11 is 1.75. The molecule has 0 radical (unpaired) electrons. The van der Waals surface area contributed by atoms with Gasteiger partial charge in [-0.25, -0.2) is 8.42 Å². The van der Waals surface area contributed by atoms with Gasteiger partial charge in [-0.15, -0.1) is 0 Å². The average Bonchev–Trinajstić information content (AvgIpc) is 2.29. The van der Waals surface area contributed by atoms with Crippen LogP contribution in [0.25, 0.3) is 0 Å². The van der Waals surface area contributed by atoms with Crippen LogP contribution in [0.1, 0.15) is 25.7 Å². The Morgan fingerprint density at radius 1 is 1.24 bits per heavy atom. The lowest BCUT2D eigenvalue weighted by Crippen LogP contribution is -2.53. The van der Waals surface area contributed by atoms with E-state index >= 15 is 0 Å². The molecular formula is C11H22N2O2S2. The van der Waals surface area contributed by atoms with E-state index in [0.29, 0.717) is 12.1 Å². The fourth-order valence-corrected chi connectivity index (χ4v) is 5.76. The molecule has 0 spiro atoms. The Hall–Kier alpha value is 0.220. The van der Waals surface area contributed by atoms with Gasteiger partial charge in [0.2, 0.25) is 0 Å². The molecule has 1 unspecified atom stereocenters. The molecule has 1 saturated carbocycles. The molecule has 0 aromatic heterocycles. The van der Waals surface area contributed by atoms with Crippen molar-refractivity contribution >= 4 is 21.6 Å². The smallest absolute Gasteiger partial charge is 0.164 e. The van der Waals surface area contributed by atoms with Crippen LogP contribution < -0.4 is 5.73 Å². The summed E-state index contributed by atoms with van der Waals surface area (Å²) in [6.45, 7) is 0.905. The minimum absolute atomic E-state index is 0.277. The van der Waals surface area contributed by atoms with Crippen molar-refractivity contribution in [1.82, 2.24) is 4.90 Å². The van der Waals surface area contributed by atoms with Gasteiger partial charge in [0, 0.05) is 36.4 Å². The van der Waals surface area contributed by atoms with E-state index in [1.54, 1.807) is 11.8 Å². The van der Waals surface area contributed by atoms with Crippen molar-refractivity contribution < 1.29 is 8.42 Å². The molecular weight excluding hydrogens is 256 g/mol. The van der Waals surface area contributed by atoms with E-state index in [1.165, 1.54) is 6.26 Å². The quantitative estimate of drug-likeness (QED) is 0.804. The van der Waals surface area contributed by atoms with E-state index in [9.17, 15) is 8.42 Å². The van der Waals surface area contributed by atoms with E-state index in [0.717, 1.165) is 43.7 Å². The Balaban J connectivity index is 2.06. The first-order chi connectivity index (χ1) is 7.98. The van der Waals surface area contributed by atoms with E-state index in [4.69, 9.17) is 5.73 Å². The van der Waals surface area contributed by atoms with E-state index in [1.807, 2.05) is 0 Å². The number of hydrogen-bond acceptors (Lipinski definition) is 5. The van der Waals surface area contributed by atoms with Crippen molar-refractivity contribution in [2.24, 2.45) is 5.73 Å².